The molecule has 1 aromatic heterocycles. The number of carbonyl (C=O) groups is 2. The van der Waals surface area contributed by atoms with Crippen LogP contribution in [0.25, 0.3) is 10.9 Å². The number of para-hydroxylation sites is 1. The van der Waals surface area contributed by atoms with Crippen LogP contribution in [-0.4, -0.2) is 33.3 Å². The van der Waals surface area contributed by atoms with Crippen molar-refractivity contribution in [3.8, 4) is 0 Å². The van der Waals surface area contributed by atoms with Gasteiger partial charge in [0.2, 0.25) is 5.91 Å². The van der Waals surface area contributed by atoms with Gasteiger partial charge in [-0.2, -0.15) is 5.10 Å². The van der Waals surface area contributed by atoms with Crippen LogP contribution in [0.15, 0.2) is 42.6 Å². The minimum Gasteiger partial charge on any atom is -0.481 e. The third kappa shape index (κ3) is 3.48. The topological polar surface area (TPSA) is 84.2 Å². The summed E-state index contributed by atoms with van der Waals surface area (Å²) in [4.78, 5) is 23.5. The van der Waals surface area contributed by atoms with Crippen LogP contribution >= 0.6 is 0 Å². The lowest BCUT2D eigenvalue weighted by Gasteiger charge is -2.24. The van der Waals surface area contributed by atoms with Gasteiger partial charge in [0.05, 0.1) is 23.5 Å². The average molecular weight is 327 g/mol. The maximum absolute atomic E-state index is 12.3. The van der Waals surface area contributed by atoms with E-state index in [1.807, 2.05) is 47.3 Å². The quantitative estimate of drug-likeness (QED) is 0.629. The van der Waals surface area contributed by atoms with Gasteiger partial charge in [0.25, 0.3) is 0 Å². The number of aromatic nitrogens is 2. The number of carboxylic acids is 1. The summed E-state index contributed by atoms with van der Waals surface area (Å²) in [6.07, 6.45) is 7.22. The molecule has 0 saturated carbocycles. The molecule has 24 heavy (non-hydrogen) atoms. The summed E-state index contributed by atoms with van der Waals surface area (Å²) in [5.74, 6) is -2.16. The first-order valence-corrected chi connectivity index (χ1v) is 8.23. The molecule has 1 heterocycles. The van der Waals surface area contributed by atoms with E-state index in [0.29, 0.717) is 25.9 Å². The van der Waals surface area contributed by atoms with Gasteiger partial charge in [-0.3, -0.25) is 14.3 Å². The highest BCUT2D eigenvalue weighted by molar-refractivity contribution is 5.85. The third-order valence-corrected chi connectivity index (χ3v) is 4.48. The number of allylic oxidation sites excluding steroid dienone is 2. The maximum Gasteiger partial charge on any atom is 0.307 e. The van der Waals surface area contributed by atoms with Crippen molar-refractivity contribution in [1.82, 2.24) is 15.1 Å². The van der Waals surface area contributed by atoms with Gasteiger partial charge in [-0.05, 0) is 25.3 Å². The van der Waals surface area contributed by atoms with Crippen LogP contribution in [0, 0.1) is 11.8 Å². The van der Waals surface area contributed by atoms with Crippen molar-refractivity contribution < 1.29 is 14.7 Å². The summed E-state index contributed by atoms with van der Waals surface area (Å²) in [7, 11) is 0. The van der Waals surface area contributed by atoms with Crippen LogP contribution in [0.4, 0.5) is 0 Å². The van der Waals surface area contributed by atoms with Crippen LogP contribution in [0.5, 0.6) is 0 Å². The summed E-state index contributed by atoms with van der Waals surface area (Å²) in [5, 5.41) is 17.6. The summed E-state index contributed by atoms with van der Waals surface area (Å²) >= 11 is 0. The Hall–Kier alpha value is -2.63. The number of nitrogens with one attached hydrogen (secondary N) is 1. The second-order valence-corrected chi connectivity index (χ2v) is 6.07. The number of amides is 1. The predicted octanol–water partition coefficient (Wildman–Crippen LogP) is 2.21. The number of benzene rings is 1. The molecule has 2 N–H and O–H groups in total. The monoisotopic (exact) mass is 327 g/mol. The lowest BCUT2D eigenvalue weighted by Crippen LogP contribution is -2.39. The molecular weight excluding hydrogens is 306 g/mol. The van der Waals surface area contributed by atoms with Gasteiger partial charge in [-0.15, -0.1) is 0 Å². The van der Waals surface area contributed by atoms with Crippen LogP contribution < -0.4 is 5.32 Å². The number of carbonyl (C=O) groups excluding carboxylic acids is 1. The van der Waals surface area contributed by atoms with Crippen molar-refractivity contribution in [2.45, 2.75) is 25.8 Å². The third-order valence-electron chi connectivity index (χ3n) is 4.48. The van der Waals surface area contributed by atoms with Gasteiger partial charge in [-0.1, -0.05) is 30.4 Å². The number of rotatable bonds is 6. The molecule has 1 aliphatic rings. The Balaban J connectivity index is 1.50. The zero-order chi connectivity index (χ0) is 16.9. The summed E-state index contributed by atoms with van der Waals surface area (Å²) in [6, 6.07) is 7.99. The minimum atomic E-state index is -0.900. The van der Waals surface area contributed by atoms with Crippen molar-refractivity contribution in [2.24, 2.45) is 11.8 Å². The van der Waals surface area contributed by atoms with E-state index in [9.17, 15) is 14.7 Å². The standard InChI is InChI=1S/C18H21N3O3/c22-17(14-7-2-3-8-15(14)18(23)24)19-10-5-11-21-16-9-4-1-6-13(16)12-20-21/h1-4,6,9,12,14-15H,5,7-8,10-11H2,(H,19,22)(H,23,24)/t14-,15-/m1/s1. The molecule has 126 valence electrons. The second kappa shape index (κ2) is 7.29. The van der Waals surface area contributed by atoms with Crippen molar-refractivity contribution in [1.29, 1.82) is 0 Å². The molecule has 1 aliphatic carbocycles. The molecule has 0 spiro atoms. The summed E-state index contributed by atoms with van der Waals surface area (Å²) < 4.78 is 1.92. The van der Waals surface area contributed by atoms with Crippen LogP contribution in [-0.2, 0) is 16.1 Å². The fourth-order valence-electron chi connectivity index (χ4n) is 3.15. The van der Waals surface area contributed by atoms with Crippen LogP contribution in [0.3, 0.4) is 0 Å². The molecule has 2 aromatic rings. The molecule has 0 saturated heterocycles. The molecule has 0 aliphatic heterocycles. The number of nitrogens with zero attached hydrogens (tertiary/aromatic N) is 2. The van der Waals surface area contributed by atoms with E-state index in [0.717, 1.165) is 17.3 Å². The Kier molecular flexibility index (Phi) is 4.93. The highest BCUT2D eigenvalue weighted by Gasteiger charge is 2.33. The zero-order valence-electron chi connectivity index (χ0n) is 13.4. The van der Waals surface area contributed by atoms with Gasteiger partial charge in [0.1, 0.15) is 0 Å². The predicted molar refractivity (Wildman–Crippen MR) is 90.3 cm³/mol. The van der Waals surface area contributed by atoms with Crippen molar-refractivity contribution in [2.75, 3.05) is 6.54 Å². The van der Waals surface area contributed by atoms with E-state index >= 15 is 0 Å². The molecule has 1 aromatic carbocycles. The van der Waals surface area contributed by atoms with Crippen LogP contribution in [0.2, 0.25) is 0 Å². The molecule has 2 atom stereocenters. The highest BCUT2D eigenvalue weighted by Crippen LogP contribution is 2.26. The largest absolute Gasteiger partial charge is 0.481 e. The first-order valence-electron chi connectivity index (χ1n) is 8.23. The van der Waals surface area contributed by atoms with E-state index in [1.165, 1.54) is 0 Å². The SMILES string of the molecule is O=C(O)[C@@H]1CC=CC[C@H]1C(=O)NCCCn1ncc2ccccc21. The van der Waals surface area contributed by atoms with E-state index in [-0.39, 0.29) is 5.91 Å². The Morgan fingerprint density at radius 2 is 1.96 bits per heavy atom. The Morgan fingerprint density at radius 1 is 1.21 bits per heavy atom. The number of hydrogen-bond acceptors (Lipinski definition) is 3. The summed E-state index contributed by atoms with van der Waals surface area (Å²) in [6.45, 7) is 1.22. The smallest absolute Gasteiger partial charge is 0.307 e. The van der Waals surface area contributed by atoms with Gasteiger partial charge in [0.15, 0.2) is 0 Å². The molecule has 3 rings (SSSR count). The molecule has 0 radical (unpaired) electrons. The van der Waals surface area contributed by atoms with Gasteiger partial charge in [-0.25, -0.2) is 0 Å². The van der Waals surface area contributed by atoms with E-state index < -0.39 is 17.8 Å². The van der Waals surface area contributed by atoms with Gasteiger partial charge < -0.3 is 10.4 Å². The maximum atomic E-state index is 12.3. The van der Waals surface area contributed by atoms with Crippen LogP contribution in [0.1, 0.15) is 19.3 Å². The first-order chi connectivity index (χ1) is 11.7. The van der Waals surface area contributed by atoms with Crippen molar-refractivity contribution in [3.05, 3.63) is 42.6 Å². The van der Waals surface area contributed by atoms with Gasteiger partial charge in [0, 0.05) is 18.5 Å². The summed E-state index contributed by atoms with van der Waals surface area (Å²) in [5.41, 5.74) is 1.08. The molecule has 6 heteroatoms. The Morgan fingerprint density at radius 3 is 2.75 bits per heavy atom. The number of carboxylic acid groups (broad SMARTS) is 1. The Bertz CT molecular complexity index is 766. The average Bonchev–Trinajstić information content (AvgIpc) is 3.01. The second-order valence-electron chi connectivity index (χ2n) is 6.07. The van der Waals surface area contributed by atoms with E-state index in [1.54, 1.807) is 0 Å². The molecule has 0 fully saturated rings. The lowest BCUT2D eigenvalue weighted by atomic mass is 9.82. The van der Waals surface area contributed by atoms with E-state index in [2.05, 4.69) is 10.4 Å². The Labute approximate surface area is 140 Å². The normalized spacial score (nSPS) is 20.2. The number of aryl methyl sites for hydroxylation is 1. The number of fused-ring (bicyclic) bond motifs is 1. The van der Waals surface area contributed by atoms with Crippen molar-refractivity contribution >= 4 is 22.8 Å². The molecule has 1 amide bonds. The molecule has 0 unspecified atom stereocenters. The van der Waals surface area contributed by atoms with Gasteiger partial charge >= 0.3 is 5.97 Å². The van der Waals surface area contributed by atoms with E-state index in [4.69, 9.17) is 0 Å². The first kappa shape index (κ1) is 16.2. The minimum absolute atomic E-state index is 0.169. The fraction of sp³-hybridized carbons (Fsp3) is 0.389. The highest BCUT2D eigenvalue weighted by atomic mass is 16.4. The number of aliphatic carboxylic acids is 1. The zero-order valence-corrected chi connectivity index (χ0v) is 13.4. The number of hydrogen-bond donors (Lipinski definition) is 2. The molecular formula is C18H21N3O3. The molecule has 6 nitrogen and oxygen atoms in total. The molecule has 0 bridgehead atoms. The lowest BCUT2D eigenvalue weighted by molar-refractivity contribution is -0.147. The van der Waals surface area contributed by atoms with Crippen molar-refractivity contribution in [3.63, 3.8) is 0 Å². The fourth-order valence-corrected chi connectivity index (χ4v) is 3.15.